The van der Waals surface area contributed by atoms with Crippen LogP contribution in [0.3, 0.4) is 0 Å². The fourth-order valence-corrected chi connectivity index (χ4v) is 5.94. The Labute approximate surface area is 251 Å². The normalized spacial score (nSPS) is 12.5. The molecule has 0 unspecified atom stereocenters. The Morgan fingerprint density at radius 1 is 0.900 bits per heavy atom. The maximum absolute atomic E-state index is 14.0. The summed E-state index contributed by atoms with van der Waals surface area (Å²) in [5, 5.41) is 3.89. The SMILES string of the molecule is Cc1ccc(N(CC(=O)N(Cc2c(Cl)cccc2Cl)[C@@H](C)C(=O)NC(C)(C)C)S(=O)(=O)c2ccc(Cl)cc2)cc1. The predicted octanol–water partition coefficient (Wildman–Crippen LogP) is 6.48. The van der Waals surface area contributed by atoms with E-state index in [1.807, 2.05) is 27.7 Å². The number of benzene rings is 3. The molecule has 0 saturated carbocycles. The number of nitrogens with zero attached hydrogens (tertiary/aromatic N) is 2. The maximum atomic E-state index is 14.0. The minimum atomic E-state index is -4.20. The van der Waals surface area contributed by atoms with Gasteiger partial charge in [0.25, 0.3) is 10.0 Å². The second-order valence-corrected chi connectivity index (χ2v) is 13.6. The van der Waals surface area contributed by atoms with Gasteiger partial charge in [0.15, 0.2) is 0 Å². The first-order valence-electron chi connectivity index (χ1n) is 12.5. The lowest BCUT2D eigenvalue weighted by Gasteiger charge is -2.33. The average molecular weight is 625 g/mol. The van der Waals surface area contributed by atoms with Gasteiger partial charge < -0.3 is 10.2 Å². The van der Waals surface area contributed by atoms with Crippen molar-refractivity contribution in [1.82, 2.24) is 10.2 Å². The number of rotatable bonds is 9. The number of nitrogens with one attached hydrogen (secondary N) is 1. The van der Waals surface area contributed by atoms with E-state index in [2.05, 4.69) is 5.32 Å². The van der Waals surface area contributed by atoms with Crippen LogP contribution in [0, 0.1) is 6.92 Å². The van der Waals surface area contributed by atoms with Crippen LogP contribution in [0.4, 0.5) is 5.69 Å². The Kier molecular flexibility index (Phi) is 10.2. The summed E-state index contributed by atoms with van der Waals surface area (Å²) in [5.74, 6) is -1.03. The van der Waals surface area contributed by atoms with E-state index in [1.54, 1.807) is 49.4 Å². The number of aryl methyl sites for hydroxylation is 1. The highest BCUT2D eigenvalue weighted by atomic mass is 35.5. The topological polar surface area (TPSA) is 86.8 Å². The van der Waals surface area contributed by atoms with Crippen molar-refractivity contribution in [2.45, 2.75) is 57.6 Å². The fraction of sp³-hybridized carbons (Fsp3) is 0.310. The Hall–Kier alpha value is -2.78. The van der Waals surface area contributed by atoms with E-state index in [1.165, 1.54) is 29.2 Å². The number of hydrogen-bond acceptors (Lipinski definition) is 4. The van der Waals surface area contributed by atoms with E-state index >= 15 is 0 Å². The van der Waals surface area contributed by atoms with Crippen LogP contribution in [-0.4, -0.2) is 43.3 Å². The first-order valence-corrected chi connectivity index (χ1v) is 15.1. The average Bonchev–Trinajstić information content (AvgIpc) is 2.86. The fourth-order valence-electron chi connectivity index (χ4n) is 3.88. The summed E-state index contributed by atoms with van der Waals surface area (Å²) in [6.45, 7) is 8.23. The molecule has 0 radical (unpaired) electrons. The molecule has 11 heteroatoms. The van der Waals surface area contributed by atoms with Gasteiger partial charge in [-0.25, -0.2) is 8.42 Å². The van der Waals surface area contributed by atoms with Crippen molar-refractivity contribution in [2.24, 2.45) is 0 Å². The van der Waals surface area contributed by atoms with Crippen molar-refractivity contribution < 1.29 is 18.0 Å². The Balaban J connectivity index is 2.07. The predicted molar refractivity (Wildman–Crippen MR) is 162 cm³/mol. The first kappa shape index (κ1) is 31.7. The lowest BCUT2D eigenvalue weighted by molar-refractivity contribution is -0.140. The molecule has 1 atom stereocenters. The van der Waals surface area contributed by atoms with Gasteiger partial charge in [-0.15, -0.1) is 0 Å². The zero-order valence-corrected chi connectivity index (χ0v) is 26.0. The molecule has 0 fully saturated rings. The molecule has 0 aliphatic rings. The van der Waals surface area contributed by atoms with Crippen LogP contribution in [0.25, 0.3) is 0 Å². The van der Waals surface area contributed by atoms with Gasteiger partial charge in [0.1, 0.15) is 12.6 Å². The molecule has 0 saturated heterocycles. The summed E-state index contributed by atoms with van der Waals surface area (Å²) in [6.07, 6.45) is 0. The zero-order chi connectivity index (χ0) is 29.8. The van der Waals surface area contributed by atoms with Gasteiger partial charge in [-0.1, -0.05) is 58.6 Å². The van der Waals surface area contributed by atoms with Crippen molar-refractivity contribution >= 4 is 62.3 Å². The van der Waals surface area contributed by atoms with E-state index in [4.69, 9.17) is 34.8 Å². The number of amides is 2. The third kappa shape index (κ3) is 7.91. The van der Waals surface area contributed by atoms with Gasteiger partial charge in [-0.2, -0.15) is 0 Å². The van der Waals surface area contributed by atoms with Crippen LogP contribution in [-0.2, 0) is 26.2 Å². The summed E-state index contributed by atoms with van der Waals surface area (Å²) in [6, 6.07) is 16.4. The minimum absolute atomic E-state index is 0.0375. The molecular weight excluding hydrogens is 593 g/mol. The standard InChI is InChI=1S/C29H32Cl3N3O4S/c1-19-9-13-22(14-10-19)35(40(38,39)23-15-11-21(30)12-16-23)18-27(36)34(20(2)28(37)33-29(3,4)5)17-24-25(31)7-6-8-26(24)32/h6-16,20H,17-18H2,1-5H3,(H,33,37)/t20-/m0/s1. The van der Waals surface area contributed by atoms with Gasteiger partial charge in [-0.05, 0) is 83.1 Å². The van der Waals surface area contributed by atoms with Crippen LogP contribution >= 0.6 is 34.8 Å². The van der Waals surface area contributed by atoms with Crippen molar-refractivity contribution in [3.63, 3.8) is 0 Å². The second-order valence-electron chi connectivity index (χ2n) is 10.4. The molecule has 0 aliphatic carbocycles. The summed E-state index contributed by atoms with van der Waals surface area (Å²) in [5.41, 5.74) is 1.09. The highest BCUT2D eigenvalue weighted by Gasteiger charge is 2.34. The van der Waals surface area contributed by atoms with Gasteiger partial charge in [0.2, 0.25) is 11.8 Å². The lowest BCUT2D eigenvalue weighted by atomic mass is 10.1. The molecule has 7 nitrogen and oxygen atoms in total. The number of hydrogen-bond donors (Lipinski definition) is 1. The highest BCUT2D eigenvalue weighted by Crippen LogP contribution is 2.29. The van der Waals surface area contributed by atoms with Gasteiger partial charge >= 0.3 is 0 Å². The van der Waals surface area contributed by atoms with E-state index < -0.39 is 40.0 Å². The second kappa shape index (κ2) is 12.8. The third-order valence-corrected chi connectivity index (χ3v) is 8.81. The van der Waals surface area contributed by atoms with Crippen molar-refractivity contribution in [3.05, 3.63) is 92.9 Å². The molecule has 1 N–H and O–H groups in total. The molecule has 2 amide bonds. The van der Waals surface area contributed by atoms with Gasteiger partial charge in [0, 0.05) is 32.7 Å². The van der Waals surface area contributed by atoms with E-state index in [9.17, 15) is 18.0 Å². The number of sulfonamides is 1. The number of anilines is 1. The lowest BCUT2D eigenvalue weighted by Crippen LogP contribution is -2.54. The molecular formula is C29H32Cl3N3O4S. The third-order valence-electron chi connectivity index (χ3n) is 6.06. The molecule has 214 valence electrons. The Morgan fingerprint density at radius 2 is 1.45 bits per heavy atom. The molecule has 3 rings (SSSR count). The maximum Gasteiger partial charge on any atom is 0.264 e. The molecule has 3 aromatic rings. The van der Waals surface area contributed by atoms with Crippen molar-refractivity contribution in [3.8, 4) is 0 Å². The van der Waals surface area contributed by atoms with Crippen LogP contribution in [0.15, 0.2) is 71.6 Å². The van der Waals surface area contributed by atoms with Crippen LogP contribution in [0.1, 0.15) is 38.8 Å². The van der Waals surface area contributed by atoms with Crippen LogP contribution < -0.4 is 9.62 Å². The number of carbonyl (C=O) groups excluding carboxylic acids is 2. The van der Waals surface area contributed by atoms with E-state index in [0.29, 0.717) is 20.6 Å². The smallest absolute Gasteiger partial charge is 0.264 e. The van der Waals surface area contributed by atoms with Crippen LogP contribution in [0.5, 0.6) is 0 Å². The number of carbonyl (C=O) groups is 2. The summed E-state index contributed by atoms with van der Waals surface area (Å²) < 4.78 is 28.7. The molecule has 0 aliphatic heterocycles. The van der Waals surface area contributed by atoms with E-state index in [-0.39, 0.29) is 17.1 Å². The minimum Gasteiger partial charge on any atom is -0.350 e. The molecule has 0 bridgehead atoms. The van der Waals surface area contributed by atoms with Crippen molar-refractivity contribution in [1.29, 1.82) is 0 Å². The zero-order valence-electron chi connectivity index (χ0n) is 22.9. The summed E-state index contributed by atoms with van der Waals surface area (Å²) in [7, 11) is -4.20. The largest absolute Gasteiger partial charge is 0.350 e. The number of halogens is 3. The van der Waals surface area contributed by atoms with E-state index in [0.717, 1.165) is 9.87 Å². The monoisotopic (exact) mass is 623 g/mol. The molecule has 0 heterocycles. The van der Waals surface area contributed by atoms with Gasteiger partial charge in [0.05, 0.1) is 10.6 Å². The summed E-state index contributed by atoms with van der Waals surface area (Å²) >= 11 is 18.8. The Bertz CT molecular complexity index is 1450. The van der Waals surface area contributed by atoms with Gasteiger partial charge in [-0.3, -0.25) is 13.9 Å². The van der Waals surface area contributed by atoms with Crippen LogP contribution in [0.2, 0.25) is 15.1 Å². The molecule has 0 spiro atoms. The highest BCUT2D eigenvalue weighted by molar-refractivity contribution is 7.92. The quantitative estimate of drug-likeness (QED) is 0.295. The molecule has 40 heavy (non-hydrogen) atoms. The first-order chi connectivity index (χ1) is 18.6. The molecule has 0 aromatic heterocycles. The summed E-state index contributed by atoms with van der Waals surface area (Å²) in [4.78, 5) is 28.4. The van der Waals surface area contributed by atoms with Crippen molar-refractivity contribution in [2.75, 3.05) is 10.8 Å². The Morgan fingerprint density at radius 3 is 1.98 bits per heavy atom. The molecule has 3 aromatic carbocycles.